The Morgan fingerprint density at radius 1 is 1.02 bits per heavy atom. The molecule has 5 rings (SSSR count). The first kappa shape index (κ1) is 48.2. The van der Waals surface area contributed by atoms with E-state index in [0.717, 1.165) is 18.4 Å². The lowest BCUT2D eigenvalue weighted by Crippen LogP contribution is -2.61. The molecular weight excluding hydrogens is 792 g/mol. The number of esters is 2. The zero-order valence-electron chi connectivity index (χ0n) is 37.7. The molecule has 338 valence electrons. The fourth-order valence-corrected chi connectivity index (χ4v) is 10.6. The number of Topliss-reactive ketones (excluding diaryl/α,β-unsaturated/α-hetero) is 1. The van der Waals surface area contributed by atoms with Gasteiger partial charge in [0.25, 0.3) is 0 Å². The zero-order chi connectivity index (χ0) is 44.3. The van der Waals surface area contributed by atoms with Crippen LogP contribution in [0.5, 0.6) is 0 Å². The average Bonchev–Trinajstić information content (AvgIpc) is 3.86. The summed E-state index contributed by atoms with van der Waals surface area (Å²) in [5.74, 6) is -4.65. The molecule has 3 heterocycles. The van der Waals surface area contributed by atoms with Crippen molar-refractivity contribution in [1.82, 2.24) is 9.80 Å². The van der Waals surface area contributed by atoms with E-state index in [9.17, 15) is 24.3 Å². The fourth-order valence-electron chi connectivity index (χ4n) is 10.5. The van der Waals surface area contributed by atoms with Crippen LogP contribution in [0.3, 0.4) is 0 Å². The van der Waals surface area contributed by atoms with Crippen LogP contribution in [0, 0.1) is 29.6 Å². The topological polar surface area (TPSA) is 150 Å². The number of benzene rings is 1. The van der Waals surface area contributed by atoms with Gasteiger partial charge in [-0.3, -0.25) is 19.3 Å². The lowest BCUT2D eigenvalue weighted by atomic mass is 9.73. The Balaban J connectivity index is 1.60. The number of cyclic esters (lactones) is 1. The minimum absolute atomic E-state index is 0.140. The third-order valence-electron chi connectivity index (χ3n) is 14.2. The Hall–Kier alpha value is -2.81. The molecule has 4 aliphatic rings. The normalized spacial score (nSPS) is 38.6. The number of ketones is 1. The molecule has 13 nitrogen and oxygen atoms in total. The summed E-state index contributed by atoms with van der Waals surface area (Å²) in [6.45, 7) is 17.5. The predicted molar refractivity (Wildman–Crippen MR) is 226 cm³/mol. The fraction of sp³-hybridized carbons (Fsp3) is 0.783. The molecule has 1 amide bonds. The molecule has 3 aliphatic heterocycles. The van der Waals surface area contributed by atoms with E-state index < -0.39 is 89.7 Å². The van der Waals surface area contributed by atoms with Crippen molar-refractivity contribution < 1.29 is 52.7 Å². The van der Waals surface area contributed by atoms with Crippen LogP contribution < -0.4 is 0 Å². The average molecular weight is 864 g/mol. The number of ether oxygens (including phenoxy) is 6. The maximum atomic E-state index is 14.9. The highest BCUT2D eigenvalue weighted by molar-refractivity contribution is 6.30. The summed E-state index contributed by atoms with van der Waals surface area (Å²) in [4.78, 5) is 61.1. The molecule has 4 fully saturated rings. The van der Waals surface area contributed by atoms with Crippen LogP contribution >= 0.6 is 11.6 Å². The molecule has 1 aliphatic carbocycles. The summed E-state index contributed by atoms with van der Waals surface area (Å²) in [6, 6.07) is 6.30. The van der Waals surface area contributed by atoms with Crippen molar-refractivity contribution >= 4 is 35.4 Å². The largest absolute Gasteiger partial charge is 0.461 e. The first-order chi connectivity index (χ1) is 28.3. The molecule has 14 heteroatoms. The van der Waals surface area contributed by atoms with E-state index in [1.54, 1.807) is 44.9 Å². The van der Waals surface area contributed by atoms with Gasteiger partial charge in [-0.1, -0.05) is 71.2 Å². The number of amides is 1. The first-order valence-corrected chi connectivity index (χ1v) is 22.6. The lowest BCUT2D eigenvalue weighted by Gasteiger charge is -2.48. The number of halogens is 1. The zero-order valence-corrected chi connectivity index (χ0v) is 38.4. The van der Waals surface area contributed by atoms with Gasteiger partial charge in [0.1, 0.15) is 24.1 Å². The lowest BCUT2D eigenvalue weighted by molar-refractivity contribution is -0.302. The van der Waals surface area contributed by atoms with E-state index in [0.29, 0.717) is 37.3 Å². The molecule has 14 atom stereocenters. The third kappa shape index (κ3) is 10.2. The number of likely N-dealkylation sites (N-methyl/N-ethyl adjacent to an activating group) is 1. The minimum Gasteiger partial charge on any atom is -0.461 e. The number of fused-ring (bicyclic) bond motifs is 1. The second-order valence-electron chi connectivity index (χ2n) is 18.5. The van der Waals surface area contributed by atoms with Crippen molar-refractivity contribution in [2.24, 2.45) is 29.6 Å². The second kappa shape index (κ2) is 20.1. The van der Waals surface area contributed by atoms with Crippen molar-refractivity contribution in [2.45, 2.75) is 174 Å². The predicted octanol–water partition coefficient (Wildman–Crippen LogP) is 7.01. The SMILES string of the molecule is CC[C@@H]1OC(=O)[C@H](C)[C@H](OC(=O)C2CCCC2)[C@H](C)[C@@H](O[C@@H]2O[C@H](C)C[C@H](N(C)CC)[C@H]2O)[C@@](C)(OC)C[C@@H](C)C(=O)[C@@H](C)[C@H]2N(CCc3ccc(Cl)cc3)C(=O)O[C@]12C. The molecule has 1 aromatic rings. The Bertz CT molecular complexity index is 1640. The summed E-state index contributed by atoms with van der Waals surface area (Å²) in [7, 11) is 3.49. The highest BCUT2D eigenvalue weighted by atomic mass is 35.5. The van der Waals surface area contributed by atoms with Crippen LogP contribution in [0.1, 0.15) is 113 Å². The van der Waals surface area contributed by atoms with Gasteiger partial charge in [0.05, 0.1) is 35.7 Å². The highest BCUT2D eigenvalue weighted by Crippen LogP contribution is 2.44. The number of hydrogen-bond donors (Lipinski definition) is 1. The van der Waals surface area contributed by atoms with Crippen molar-refractivity contribution in [2.75, 3.05) is 27.2 Å². The van der Waals surface area contributed by atoms with E-state index >= 15 is 0 Å². The molecule has 0 bridgehead atoms. The number of hydrogen-bond acceptors (Lipinski definition) is 12. The number of carbonyl (C=O) groups is 4. The van der Waals surface area contributed by atoms with E-state index in [-0.39, 0.29) is 43.2 Å². The van der Waals surface area contributed by atoms with Gasteiger partial charge >= 0.3 is 18.0 Å². The van der Waals surface area contributed by atoms with Crippen LogP contribution in [-0.4, -0.2) is 126 Å². The van der Waals surface area contributed by atoms with Gasteiger partial charge in [0.15, 0.2) is 11.9 Å². The molecule has 1 saturated carbocycles. The summed E-state index contributed by atoms with van der Waals surface area (Å²) in [5, 5.41) is 12.4. The first-order valence-electron chi connectivity index (χ1n) is 22.2. The van der Waals surface area contributed by atoms with Gasteiger partial charge < -0.3 is 38.4 Å². The molecule has 60 heavy (non-hydrogen) atoms. The van der Waals surface area contributed by atoms with Gasteiger partial charge in [-0.25, -0.2) is 4.79 Å². The monoisotopic (exact) mass is 862 g/mol. The van der Waals surface area contributed by atoms with Gasteiger partial charge in [0.2, 0.25) is 0 Å². The van der Waals surface area contributed by atoms with Crippen LogP contribution in [0.15, 0.2) is 24.3 Å². The van der Waals surface area contributed by atoms with Crippen molar-refractivity contribution in [3.63, 3.8) is 0 Å². The Labute approximate surface area is 362 Å². The van der Waals surface area contributed by atoms with E-state index in [1.165, 1.54) is 0 Å². The number of aliphatic hydroxyl groups excluding tert-OH is 1. The van der Waals surface area contributed by atoms with E-state index in [4.69, 9.17) is 40.0 Å². The molecule has 0 aromatic heterocycles. The highest BCUT2D eigenvalue weighted by Gasteiger charge is 2.60. The number of carbonyl (C=O) groups excluding carboxylic acids is 4. The molecule has 0 radical (unpaired) electrons. The molecule has 1 aromatic carbocycles. The number of aliphatic hydroxyl groups is 1. The van der Waals surface area contributed by atoms with Gasteiger partial charge in [-0.05, 0) is 97.5 Å². The molecule has 0 spiro atoms. The van der Waals surface area contributed by atoms with Crippen LogP contribution in [0.2, 0.25) is 5.02 Å². The second-order valence-corrected chi connectivity index (χ2v) is 18.9. The van der Waals surface area contributed by atoms with Gasteiger partial charge in [0, 0.05) is 42.5 Å². The Morgan fingerprint density at radius 3 is 2.27 bits per heavy atom. The quantitative estimate of drug-likeness (QED) is 0.180. The summed E-state index contributed by atoms with van der Waals surface area (Å²) in [5.41, 5.74) is -1.71. The van der Waals surface area contributed by atoms with Crippen LogP contribution in [-0.2, 0) is 49.2 Å². The Morgan fingerprint density at radius 2 is 1.67 bits per heavy atom. The molecular formula is C46H71ClN2O11. The van der Waals surface area contributed by atoms with Crippen molar-refractivity contribution in [3.05, 3.63) is 34.9 Å². The molecule has 1 N–H and O–H groups in total. The van der Waals surface area contributed by atoms with Gasteiger partial charge in [-0.2, -0.15) is 0 Å². The standard InChI is InChI=1S/C46H71ClN2O11/c1-12-35-46(9)39(49(44(54)60-46)23-22-31-18-20-33(47)21-19-31)28(5)36(50)26(3)25-45(8,55-11)40(59-43-37(51)34(48(10)13-2)24-27(4)56-43)29(6)38(30(7)41(52)57-35)58-42(53)32-16-14-15-17-32/h18-21,26-30,32,34-35,37-40,43,51H,12-17,22-25H2,1-11H3/t26-,27-,28-,29+,30-,34+,35+,37-,38-,39-,40-,43+,45+,46-/m1/s1. The number of methoxy groups -OCH3 is 1. The van der Waals surface area contributed by atoms with E-state index in [1.807, 2.05) is 60.7 Å². The van der Waals surface area contributed by atoms with Crippen molar-refractivity contribution in [3.8, 4) is 0 Å². The minimum atomic E-state index is -1.41. The van der Waals surface area contributed by atoms with Crippen LogP contribution in [0.4, 0.5) is 4.79 Å². The van der Waals surface area contributed by atoms with Gasteiger partial charge in [-0.15, -0.1) is 0 Å². The molecule has 3 saturated heterocycles. The summed E-state index contributed by atoms with van der Waals surface area (Å²) < 4.78 is 38.7. The Kier molecular flexibility index (Phi) is 16.2. The number of rotatable bonds is 11. The summed E-state index contributed by atoms with van der Waals surface area (Å²) >= 11 is 6.15. The summed E-state index contributed by atoms with van der Waals surface area (Å²) in [6.07, 6.45) is -1.32. The van der Waals surface area contributed by atoms with Crippen molar-refractivity contribution in [1.29, 1.82) is 0 Å². The molecule has 0 unspecified atom stereocenters. The maximum Gasteiger partial charge on any atom is 0.410 e. The smallest absolute Gasteiger partial charge is 0.410 e. The number of nitrogens with zero attached hydrogens (tertiary/aromatic N) is 2. The third-order valence-corrected chi connectivity index (χ3v) is 14.5. The maximum absolute atomic E-state index is 14.9. The van der Waals surface area contributed by atoms with Crippen LogP contribution in [0.25, 0.3) is 0 Å². The van der Waals surface area contributed by atoms with E-state index in [2.05, 4.69) is 4.90 Å².